The standard InChI is InChI=1S/C14H21N3O3/c1-5-17(9-13(18)16(2)3)14(19)11-8-10(20-4)6-7-12(11)15/h6-8H,5,9,15H2,1-4H3. The maximum Gasteiger partial charge on any atom is 0.256 e. The van der Waals surface area contributed by atoms with E-state index in [9.17, 15) is 9.59 Å². The third-order valence-corrected chi connectivity index (χ3v) is 2.98. The molecule has 0 bridgehead atoms. The number of hydrogen-bond donors (Lipinski definition) is 1. The van der Waals surface area contributed by atoms with Crippen LogP contribution in [0.5, 0.6) is 5.75 Å². The third-order valence-electron chi connectivity index (χ3n) is 2.98. The molecule has 0 spiro atoms. The first-order valence-corrected chi connectivity index (χ1v) is 6.33. The second kappa shape index (κ2) is 6.79. The topological polar surface area (TPSA) is 75.9 Å². The number of likely N-dealkylation sites (N-methyl/N-ethyl adjacent to an activating group) is 2. The molecule has 2 N–H and O–H groups in total. The van der Waals surface area contributed by atoms with Crippen molar-refractivity contribution in [1.82, 2.24) is 9.80 Å². The normalized spacial score (nSPS) is 10.0. The lowest BCUT2D eigenvalue weighted by Crippen LogP contribution is -2.40. The number of ether oxygens (including phenoxy) is 1. The molecule has 0 unspecified atom stereocenters. The minimum absolute atomic E-state index is 0.0268. The molecule has 1 aromatic rings. The molecule has 6 nitrogen and oxygen atoms in total. The molecule has 0 fully saturated rings. The quantitative estimate of drug-likeness (QED) is 0.810. The van der Waals surface area contributed by atoms with E-state index in [0.717, 1.165) is 0 Å². The Morgan fingerprint density at radius 1 is 1.30 bits per heavy atom. The zero-order valence-corrected chi connectivity index (χ0v) is 12.3. The molecule has 0 aromatic heterocycles. The summed E-state index contributed by atoms with van der Waals surface area (Å²) >= 11 is 0. The lowest BCUT2D eigenvalue weighted by Gasteiger charge is -2.23. The van der Waals surface area contributed by atoms with Crippen molar-refractivity contribution in [3.63, 3.8) is 0 Å². The van der Waals surface area contributed by atoms with E-state index in [1.54, 1.807) is 32.3 Å². The summed E-state index contributed by atoms with van der Waals surface area (Å²) in [5.41, 5.74) is 6.54. The monoisotopic (exact) mass is 279 g/mol. The molecule has 1 aromatic carbocycles. The molecule has 0 aliphatic heterocycles. The number of carbonyl (C=O) groups is 2. The van der Waals surface area contributed by atoms with Crippen molar-refractivity contribution in [1.29, 1.82) is 0 Å². The average molecular weight is 279 g/mol. The zero-order valence-electron chi connectivity index (χ0n) is 12.3. The average Bonchev–Trinajstić information content (AvgIpc) is 2.44. The molecular formula is C14H21N3O3. The van der Waals surface area contributed by atoms with Crippen LogP contribution in [0.25, 0.3) is 0 Å². The lowest BCUT2D eigenvalue weighted by atomic mass is 10.1. The van der Waals surface area contributed by atoms with E-state index in [2.05, 4.69) is 0 Å². The fourth-order valence-electron chi connectivity index (χ4n) is 1.65. The SMILES string of the molecule is CCN(CC(=O)N(C)C)C(=O)c1cc(OC)ccc1N. The summed E-state index contributed by atoms with van der Waals surface area (Å²) in [5.74, 6) is 0.137. The Bertz CT molecular complexity index is 500. The van der Waals surface area contributed by atoms with Crippen LogP contribution in [0.1, 0.15) is 17.3 Å². The van der Waals surface area contributed by atoms with Crippen LogP contribution < -0.4 is 10.5 Å². The minimum Gasteiger partial charge on any atom is -0.497 e. The summed E-state index contributed by atoms with van der Waals surface area (Å²) in [7, 11) is 4.83. The van der Waals surface area contributed by atoms with Gasteiger partial charge in [0.2, 0.25) is 5.91 Å². The van der Waals surface area contributed by atoms with Crippen LogP contribution in [0.2, 0.25) is 0 Å². The van der Waals surface area contributed by atoms with Gasteiger partial charge in [-0.1, -0.05) is 0 Å². The molecule has 0 saturated carbocycles. The number of amides is 2. The van der Waals surface area contributed by atoms with Crippen molar-refractivity contribution >= 4 is 17.5 Å². The highest BCUT2D eigenvalue weighted by Gasteiger charge is 2.20. The molecule has 2 amide bonds. The molecule has 0 aliphatic carbocycles. The number of nitrogens with two attached hydrogens (primary N) is 1. The van der Waals surface area contributed by atoms with Gasteiger partial charge in [0.15, 0.2) is 0 Å². The van der Waals surface area contributed by atoms with Crippen molar-refractivity contribution in [2.24, 2.45) is 0 Å². The van der Waals surface area contributed by atoms with Gasteiger partial charge in [-0.3, -0.25) is 9.59 Å². The van der Waals surface area contributed by atoms with Gasteiger partial charge < -0.3 is 20.3 Å². The molecule has 0 atom stereocenters. The predicted octanol–water partition coefficient (Wildman–Crippen LogP) is 0.828. The highest BCUT2D eigenvalue weighted by Crippen LogP contribution is 2.21. The molecule has 110 valence electrons. The van der Waals surface area contributed by atoms with Crippen molar-refractivity contribution in [2.75, 3.05) is 40.0 Å². The van der Waals surface area contributed by atoms with Crippen LogP contribution in [0.3, 0.4) is 0 Å². The number of methoxy groups -OCH3 is 1. The largest absolute Gasteiger partial charge is 0.497 e. The summed E-state index contributed by atoms with van der Waals surface area (Å²) in [6.07, 6.45) is 0. The minimum atomic E-state index is -0.279. The molecule has 0 aliphatic rings. The fourth-order valence-corrected chi connectivity index (χ4v) is 1.65. The van der Waals surface area contributed by atoms with Gasteiger partial charge in [-0.15, -0.1) is 0 Å². The van der Waals surface area contributed by atoms with E-state index in [1.807, 2.05) is 6.92 Å². The highest BCUT2D eigenvalue weighted by molar-refractivity contribution is 6.01. The Hall–Kier alpha value is -2.24. The van der Waals surface area contributed by atoms with Crippen molar-refractivity contribution < 1.29 is 14.3 Å². The van der Waals surface area contributed by atoms with E-state index >= 15 is 0 Å². The number of nitrogens with zero attached hydrogens (tertiary/aromatic N) is 2. The first kappa shape index (κ1) is 15.8. The smallest absolute Gasteiger partial charge is 0.256 e. The highest BCUT2D eigenvalue weighted by atomic mass is 16.5. The number of benzene rings is 1. The second-order valence-electron chi connectivity index (χ2n) is 4.56. The van der Waals surface area contributed by atoms with Gasteiger partial charge in [0.1, 0.15) is 5.75 Å². The molecule has 20 heavy (non-hydrogen) atoms. The van der Waals surface area contributed by atoms with Gasteiger partial charge in [0.05, 0.1) is 19.2 Å². The van der Waals surface area contributed by atoms with Crippen LogP contribution in [0.15, 0.2) is 18.2 Å². The number of carbonyl (C=O) groups excluding carboxylic acids is 2. The number of nitrogen functional groups attached to an aromatic ring is 1. The van der Waals surface area contributed by atoms with E-state index in [4.69, 9.17) is 10.5 Å². The zero-order chi connectivity index (χ0) is 15.3. The summed E-state index contributed by atoms with van der Waals surface area (Å²) in [4.78, 5) is 27.1. The first-order valence-electron chi connectivity index (χ1n) is 6.33. The maximum atomic E-state index is 12.4. The molecule has 0 heterocycles. The Kier molecular flexibility index (Phi) is 5.37. The Morgan fingerprint density at radius 3 is 2.45 bits per heavy atom. The van der Waals surface area contributed by atoms with Crippen molar-refractivity contribution in [3.8, 4) is 5.75 Å². The molecule has 1 rings (SSSR count). The summed E-state index contributed by atoms with van der Waals surface area (Å²) in [6.45, 7) is 2.27. The number of hydrogen-bond acceptors (Lipinski definition) is 4. The Morgan fingerprint density at radius 2 is 1.95 bits per heavy atom. The van der Waals surface area contributed by atoms with Crippen LogP contribution in [0.4, 0.5) is 5.69 Å². The van der Waals surface area contributed by atoms with Gasteiger partial charge in [-0.05, 0) is 25.1 Å². The third kappa shape index (κ3) is 3.63. The molecular weight excluding hydrogens is 258 g/mol. The molecule has 6 heteroatoms. The maximum absolute atomic E-state index is 12.4. The van der Waals surface area contributed by atoms with Crippen molar-refractivity contribution in [3.05, 3.63) is 23.8 Å². The van der Waals surface area contributed by atoms with Crippen LogP contribution >= 0.6 is 0 Å². The fraction of sp³-hybridized carbons (Fsp3) is 0.429. The Balaban J connectivity index is 2.99. The van der Waals surface area contributed by atoms with Crippen LogP contribution in [-0.4, -0.2) is 55.9 Å². The van der Waals surface area contributed by atoms with Gasteiger partial charge in [0, 0.05) is 26.3 Å². The van der Waals surface area contributed by atoms with E-state index in [1.165, 1.54) is 16.9 Å². The van der Waals surface area contributed by atoms with Crippen LogP contribution in [-0.2, 0) is 4.79 Å². The van der Waals surface area contributed by atoms with E-state index < -0.39 is 0 Å². The number of anilines is 1. The Labute approximate surface area is 119 Å². The summed E-state index contributed by atoms with van der Waals surface area (Å²) in [5, 5.41) is 0. The van der Waals surface area contributed by atoms with Gasteiger partial charge in [0.25, 0.3) is 5.91 Å². The predicted molar refractivity (Wildman–Crippen MR) is 77.7 cm³/mol. The molecule has 0 saturated heterocycles. The molecule has 0 radical (unpaired) electrons. The van der Waals surface area contributed by atoms with Gasteiger partial charge in [-0.2, -0.15) is 0 Å². The number of rotatable bonds is 5. The lowest BCUT2D eigenvalue weighted by molar-refractivity contribution is -0.129. The van der Waals surface area contributed by atoms with Gasteiger partial charge >= 0.3 is 0 Å². The second-order valence-corrected chi connectivity index (χ2v) is 4.56. The van der Waals surface area contributed by atoms with E-state index in [0.29, 0.717) is 23.5 Å². The summed E-state index contributed by atoms with van der Waals surface area (Å²) in [6, 6.07) is 4.89. The summed E-state index contributed by atoms with van der Waals surface area (Å²) < 4.78 is 5.09. The van der Waals surface area contributed by atoms with Gasteiger partial charge in [-0.25, -0.2) is 0 Å². The van der Waals surface area contributed by atoms with E-state index in [-0.39, 0.29) is 18.4 Å². The van der Waals surface area contributed by atoms with Crippen LogP contribution in [0, 0.1) is 0 Å². The first-order chi connectivity index (χ1) is 9.40. The van der Waals surface area contributed by atoms with Crippen molar-refractivity contribution in [2.45, 2.75) is 6.92 Å².